The Morgan fingerprint density at radius 3 is 2.76 bits per heavy atom. The first-order chi connectivity index (χ1) is 9.99. The first-order valence-electron chi connectivity index (χ1n) is 6.48. The molecule has 0 aliphatic heterocycles. The van der Waals surface area contributed by atoms with E-state index in [2.05, 4.69) is 9.71 Å². The van der Waals surface area contributed by atoms with Gasteiger partial charge in [0.25, 0.3) is 0 Å². The van der Waals surface area contributed by atoms with Crippen LogP contribution in [0.4, 0.5) is 5.82 Å². The Labute approximate surface area is 122 Å². The van der Waals surface area contributed by atoms with Crippen LogP contribution in [0.3, 0.4) is 0 Å². The van der Waals surface area contributed by atoms with E-state index in [1.54, 1.807) is 0 Å². The Bertz CT molecular complexity index is 777. The minimum absolute atomic E-state index is 0.0641. The van der Waals surface area contributed by atoms with Crippen molar-refractivity contribution in [3.8, 4) is 0 Å². The van der Waals surface area contributed by atoms with Gasteiger partial charge < -0.3 is 10.8 Å². The molecule has 6 nitrogen and oxygen atoms in total. The van der Waals surface area contributed by atoms with Gasteiger partial charge in [0.1, 0.15) is 10.7 Å². The monoisotopic (exact) mass is 305 g/mol. The molecule has 0 saturated heterocycles. The lowest BCUT2D eigenvalue weighted by atomic mass is 10.1. The van der Waals surface area contributed by atoms with Gasteiger partial charge in [-0.25, -0.2) is 18.1 Å². The highest BCUT2D eigenvalue weighted by Crippen LogP contribution is 2.32. The largest absolute Gasteiger partial charge is 0.391 e. The van der Waals surface area contributed by atoms with Crippen LogP contribution < -0.4 is 10.5 Å². The molecule has 7 heteroatoms. The van der Waals surface area contributed by atoms with Gasteiger partial charge in [-0.3, -0.25) is 0 Å². The third kappa shape index (κ3) is 2.51. The highest BCUT2D eigenvalue weighted by Gasteiger charge is 2.34. The molecule has 1 aromatic carbocycles. The summed E-state index contributed by atoms with van der Waals surface area (Å²) >= 11 is 0. The molecule has 1 heterocycles. The van der Waals surface area contributed by atoms with Gasteiger partial charge in [-0.2, -0.15) is 0 Å². The Morgan fingerprint density at radius 2 is 2.00 bits per heavy atom. The maximum absolute atomic E-state index is 12.4. The normalized spacial score (nSPS) is 21.2. The molecular formula is C14H15N3O3S. The van der Waals surface area contributed by atoms with Crippen LogP contribution in [-0.4, -0.2) is 24.6 Å². The van der Waals surface area contributed by atoms with Crippen LogP contribution in [0.1, 0.15) is 17.2 Å². The molecule has 1 aromatic heterocycles. The zero-order chi connectivity index (χ0) is 15.0. The highest BCUT2D eigenvalue weighted by molar-refractivity contribution is 7.89. The molecule has 1 aliphatic rings. The van der Waals surface area contributed by atoms with Crippen molar-refractivity contribution in [2.45, 2.75) is 23.5 Å². The number of hydrogen-bond donors (Lipinski definition) is 3. The number of rotatable bonds is 3. The average Bonchev–Trinajstić information content (AvgIpc) is 2.75. The summed E-state index contributed by atoms with van der Waals surface area (Å²) in [5, 5.41) is 10.1. The van der Waals surface area contributed by atoms with E-state index in [1.165, 1.54) is 18.3 Å². The molecule has 0 fully saturated rings. The van der Waals surface area contributed by atoms with Crippen molar-refractivity contribution in [2.24, 2.45) is 0 Å². The summed E-state index contributed by atoms with van der Waals surface area (Å²) in [4.78, 5) is 3.70. The molecule has 21 heavy (non-hydrogen) atoms. The molecule has 0 radical (unpaired) electrons. The Morgan fingerprint density at radius 1 is 1.24 bits per heavy atom. The van der Waals surface area contributed by atoms with Gasteiger partial charge in [0, 0.05) is 12.6 Å². The third-order valence-electron chi connectivity index (χ3n) is 3.58. The van der Waals surface area contributed by atoms with Crippen molar-refractivity contribution >= 4 is 15.8 Å². The number of nitrogens with two attached hydrogens (primary N) is 1. The van der Waals surface area contributed by atoms with E-state index in [0.29, 0.717) is 6.42 Å². The summed E-state index contributed by atoms with van der Waals surface area (Å²) in [5.74, 6) is -0.0641. The summed E-state index contributed by atoms with van der Waals surface area (Å²) in [6.45, 7) is 0. The standard InChI is InChI=1S/C14H15N3O3S/c15-14-12(6-3-7-16-14)21(19,20)17-13-10-5-2-1-4-9(10)8-11(13)18/h1-7,11,13,17-18H,8H2,(H2,15,16)/t11-,13+/m0/s1. The van der Waals surface area contributed by atoms with Crippen molar-refractivity contribution in [2.75, 3.05) is 5.73 Å². The molecule has 0 saturated carbocycles. The summed E-state index contributed by atoms with van der Waals surface area (Å²) in [6, 6.07) is 9.59. The first kappa shape index (κ1) is 14.0. The van der Waals surface area contributed by atoms with Crippen molar-refractivity contribution in [1.29, 1.82) is 0 Å². The van der Waals surface area contributed by atoms with Gasteiger partial charge in [-0.15, -0.1) is 0 Å². The fourth-order valence-corrected chi connectivity index (χ4v) is 3.91. The molecule has 3 rings (SSSR count). The zero-order valence-corrected chi connectivity index (χ0v) is 11.9. The van der Waals surface area contributed by atoms with Gasteiger partial charge in [-0.05, 0) is 23.3 Å². The minimum Gasteiger partial charge on any atom is -0.391 e. The van der Waals surface area contributed by atoms with E-state index >= 15 is 0 Å². The molecule has 110 valence electrons. The number of nitrogen functional groups attached to an aromatic ring is 1. The number of aliphatic hydroxyl groups is 1. The second-order valence-electron chi connectivity index (χ2n) is 4.96. The molecule has 2 aromatic rings. The Hall–Kier alpha value is -1.96. The molecule has 0 amide bonds. The summed E-state index contributed by atoms with van der Waals surface area (Å²) in [5.41, 5.74) is 7.35. The topological polar surface area (TPSA) is 105 Å². The quantitative estimate of drug-likeness (QED) is 0.770. The van der Waals surface area contributed by atoms with Crippen LogP contribution in [0.5, 0.6) is 0 Å². The number of pyridine rings is 1. The molecule has 0 unspecified atom stereocenters. The van der Waals surface area contributed by atoms with Gasteiger partial charge in [-0.1, -0.05) is 24.3 Å². The van der Waals surface area contributed by atoms with Crippen molar-refractivity contribution < 1.29 is 13.5 Å². The van der Waals surface area contributed by atoms with Crippen LogP contribution in [0.15, 0.2) is 47.5 Å². The predicted octanol–water partition coefficient (Wildman–Crippen LogP) is 0.600. The fraction of sp³-hybridized carbons (Fsp3) is 0.214. The summed E-state index contributed by atoms with van der Waals surface area (Å²) in [7, 11) is -3.85. The lowest BCUT2D eigenvalue weighted by Gasteiger charge is -2.18. The fourth-order valence-electron chi connectivity index (χ4n) is 2.58. The molecule has 4 N–H and O–H groups in total. The molecule has 0 spiro atoms. The summed E-state index contributed by atoms with van der Waals surface area (Å²) in [6.07, 6.45) is 1.05. The van der Waals surface area contributed by atoms with Crippen molar-refractivity contribution in [3.05, 3.63) is 53.7 Å². The lowest BCUT2D eigenvalue weighted by molar-refractivity contribution is 0.151. The number of benzene rings is 1. The zero-order valence-electron chi connectivity index (χ0n) is 11.1. The number of nitrogens with zero attached hydrogens (tertiary/aromatic N) is 1. The SMILES string of the molecule is Nc1ncccc1S(=O)(=O)N[C@@H]1c2ccccc2C[C@@H]1O. The minimum atomic E-state index is -3.85. The van der Waals surface area contributed by atoms with Gasteiger partial charge >= 0.3 is 0 Å². The van der Waals surface area contributed by atoms with Crippen molar-refractivity contribution in [1.82, 2.24) is 9.71 Å². The van der Waals surface area contributed by atoms with Crippen LogP contribution in [0.2, 0.25) is 0 Å². The Balaban J connectivity index is 1.95. The lowest BCUT2D eigenvalue weighted by Crippen LogP contribution is -2.34. The van der Waals surface area contributed by atoms with E-state index in [1.807, 2.05) is 24.3 Å². The van der Waals surface area contributed by atoms with E-state index in [-0.39, 0.29) is 10.7 Å². The number of aromatic nitrogens is 1. The predicted molar refractivity (Wildman–Crippen MR) is 77.9 cm³/mol. The van der Waals surface area contributed by atoms with Crippen LogP contribution in [0.25, 0.3) is 0 Å². The smallest absolute Gasteiger partial charge is 0.244 e. The molecule has 1 aliphatic carbocycles. The van der Waals surface area contributed by atoms with Crippen LogP contribution >= 0.6 is 0 Å². The van der Waals surface area contributed by atoms with E-state index in [9.17, 15) is 13.5 Å². The molecule has 0 bridgehead atoms. The number of nitrogens with one attached hydrogen (secondary N) is 1. The molecular weight excluding hydrogens is 290 g/mol. The van der Waals surface area contributed by atoms with Crippen molar-refractivity contribution in [3.63, 3.8) is 0 Å². The van der Waals surface area contributed by atoms with E-state index in [0.717, 1.165) is 11.1 Å². The first-order valence-corrected chi connectivity index (χ1v) is 7.96. The second-order valence-corrected chi connectivity index (χ2v) is 6.64. The van der Waals surface area contributed by atoms with Gasteiger partial charge in [0.2, 0.25) is 10.0 Å². The number of aliphatic hydroxyl groups excluding tert-OH is 1. The van der Waals surface area contributed by atoms with E-state index in [4.69, 9.17) is 5.73 Å². The number of hydrogen-bond acceptors (Lipinski definition) is 5. The third-order valence-corrected chi connectivity index (χ3v) is 5.06. The summed E-state index contributed by atoms with van der Waals surface area (Å²) < 4.78 is 27.4. The number of sulfonamides is 1. The number of fused-ring (bicyclic) bond motifs is 1. The van der Waals surface area contributed by atoms with Gasteiger partial charge in [0.05, 0.1) is 12.1 Å². The van der Waals surface area contributed by atoms with Crippen LogP contribution in [-0.2, 0) is 16.4 Å². The average molecular weight is 305 g/mol. The maximum atomic E-state index is 12.4. The maximum Gasteiger partial charge on any atom is 0.244 e. The van der Waals surface area contributed by atoms with Crippen LogP contribution in [0, 0.1) is 0 Å². The number of anilines is 1. The highest BCUT2D eigenvalue weighted by atomic mass is 32.2. The van der Waals surface area contributed by atoms with Gasteiger partial charge in [0.15, 0.2) is 0 Å². The second kappa shape index (κ2) is 5.10. The molecule has 2 atom stereocenters. The van der Waals surface area contributed by atoms with E-state index < -0.39 is 22.2 Å². The Kier molecular flexibility index (Phi) is 3.40.